The minimum Gasteiger partial charge on any atom is -0.454 e. The summed E-state index contributed by atoms with van der Waals surface area (Å²) < 4.78 is 14.7. The minimum absolute atomic E-state index is 0.157. The molecule has 0 spiro atoms. The fourth-order valence-corrected chi connectivity index (χ4v) is 9.29. The molecule has 11 aromatic rings. The Morgan fingerprint density at radius 2 is 1.15 bits per heavy atom. The molecule has 0 saturated heterocycles. The van der Waals surface area contributed by atoms with Crippen LogP contribution in [0.5, 0.6) is 0 Å². The zero-order chi connectivity index (χ0) is 36.2. The Morgan fingerprint density at radius 1 is 0.473 bits per heavy atom. The summed E-state index contributed by atoms with van der Waals surface area (Å²) in [5.41, 5.74) is 13.8. The Morgan fingerprint density at radius 3 is 2.00 bits per heavy atom. The van der Waals surface area contributed by atoms with Gasteiger partial charge in [-0.1, -0.05) is 115 Å². The summed E-state index contributed by atoms with van der Waals surface area (Å²) in [4.78, 5) is 13.3. The number of hydrogen-bond donors (Lipinski definition) is 0. The van der Waals surface area contributed by atoms with Crippen LogP contribution in [0.4, 0.5) is 0 Å². The molecule has 12 rings (SSSR count). The van der Waals surface area contributed by atoms with Crippen molar-refractivity contribution in [3.63, 3.8) is 0 Å². The third-order valence-corrected chi connectivity index (χ3v) is 11.8. The molecule has 0 saturated carbocycles. The maximum atomic E-state index is 13.3. The van der Waals surface area contributed by atoms with Crippen molar-refractivity contribution in [2.24, 2.45) is 0 Å². The van der Waals surface area contributed by atoms with Crippen molar-refractivity contribution in [3.05, 3.63) is 197 Å². The molecule has 0 radical (unpaired) electrons. The molecule has 0 fully saturated rings. The monoisotopic (exact) mass is 705 g/mol. The summed E-state index contributed by atoms with van der Waals surface area (Å²) in [6, 6.07) is 60.0. The molecule has 3 aromatic heterocycles. The zero-order valence-corrected chi connectivity index (χ0v) is 29.6. The highest BCUT2D eigenvalue weighted by atomic mass is 16.4. The third kappa shape index (κ3) is 4.43. The maximum Gasteiger partial charge on any atom is 0.344 e. The van der Waals surface area contributed by atoms with Gasteiger partial charge >= 0.3 is 5.63 Å². The van der Waals surface area contributed by atoms with Gasteiger partial charge < -0.3 is 13.4 Å². The molecule has 1 atom stereocenters. The van der Waals surface area contributed by atoms with Gasteiger partial charge in [0.25, 0.3) is 0 Å². The summed E-state index contributed by atoms with van der Waals surface area (Å²) in [5.74, 6) is 0.157. The zero-order valence-electron chi connectivity index (χ0n) is 29.6. The Labute approximate surface area is 315 Å². The second-order valence-corrected chi connectivity index (χ2v) is 14.7. The van der Waals surface area contributed by atoms with Gasteiger partial charge in [0.2, 0.25) is 0 Å². The lowest BCUT2D eigenvalue weighted by Crippen LogP contribution is -2.14. The molecule has 8 aromatic carbocycles. The molecule has 4 heteroatoms. The number of benzene rings is 8. The quantitative estimate of drug-likeness (QED) is 0.136. The molecular formula is C51H31NO3. The second-order valence-electron chi connectivity index (χ2n) is 14.7. The Kier molecular flexibility index (Phi) is 6.29. The van der Waals surface area contributed by atoms with E-state index >= 15 is 0 Å². The lowest BCUT2D eigenvalue weighted by atomic mass is 9.74. The second kappa shape index (κ2) is 11.4. The van der Waals surface area contributed by atoms with Crippen LogP contribution in [0.3, 0.4) is 0 Å². The normalized spacial score (nSPS) is 14.0. The van der Waals surface area contributed by atoms with Crippen LogP contribution in [-0.2, 0) is 6.42 Å². The van der Waals surface area contributed by atoms with Crippen molar-refractivity contribution in [3.8, 4) is 27.9 Å². The van der Waals surface area contributed by atoms with Gasteiger partial charge in [-0.2, -0.15) is 0 Å². The topological polar surface area (TPSA) is 48.3 Å². The highest BCUT2D eigenvalue weighted by Gasteiger charge is 2.28. The average Bonchev–Trinajstić information content (AvgIpc) is 3.79. The maximum absolute atomic E-state index is 13.3. The first-order chi connectivity index (χ1) is 27.2. The molecular weight excluding hydrogens is 675 g/mol. The van der Waals surface area contributed by atoms with E-state index in [1.165, 1.54) is 33.0 Å². The first-order valence-corrected chi connectivity index (χ1v) is 18.8. The largest absolute Gasteiger partial charge is 0.454 e. The van der Waals surface area contributed by atoms with Crippen LogP contribution >= 0.6 is 0 Å². The molecule has 0 amide bonds. The number of hydrogen-bond acceptors (Lipinski definition) is 3. The number of rotatable bonds is 3. The fraction of sp³-hybridized carbons (Fsp3) is 0.0392. The van der Waals surface area contributed by atoms with Crippen LogP contribution in [0, 0.1) is 0 Å². The molecule has 1 unspecified atom stereocenters. The van der Waals surface area contributed by atoms with Gasteiger partial charge in [0, 0.05) is 38.2 Å². The molecule has 0 N–H and O–H groups in total. The van der Waals surface area contributed by atoms with E-state index in [-0.39, 0.29) is 11.5 Å². The summed E-state index contributed by atoms with van der Waals surface area (Å²) in [7, 11) is 0. The van der Waals surface area contributed by atoms with Crippen LogP contribution in [-0.4, -0.2) is 4.57 Å². The van der Waals surface area contributed by atoms with Gasteiger partial charge in [0.05, 0.1) is 22.1 Å². The van der Waals surface area contributed by atoms with Crippen LogP contribution in [0.15, 0.2) is 183 Å². The van der Waals surface area contributed by atoms with Gasteiger partial charge in [-0.3, -0.25) is 0 Å². The first kappa shape index (κ1) is 30.3. The molecule has 1 aliphatic rings. The van der Waals surface area contributed by atoms with Crippen molar-refractivity contribution in [2.75, 3.05) is 0 Å². The molecule has 0 bridgehead atoms. The predicted octanol–water partition coefficient (Wildman–Crippen LogP) is 13.0. The highest BCUT2D eigenvalue weighted by Crippen LogP contribution is 2.47. The van der Waals surface area contributed by atoms with E-state index in [1.807, 2.05) is 36.4 Å². The van der Waals surface area contributed by atoms with Crippen molar-refractivity contribution in [1.29, 1.82) is 0 Å². The van der Waals surface area contributed by atoms with E-state index in [4.69, 9.17) is 8.83 Å². The van der Waals surface area contributed by atoms with Crippen LogP contribution in [0.25, 0.3) is 93.4 Å². The number of aromatic nitrogens is 1. The lowest BCUT2D eigenvalue weighted by molar-refractivity contribution is 0.569. The lowest BCUT2D eigenvalue weighted by Gasteiger charge is -2.29. The number of para-hydroxylation sites is 4. The van der Waals surface area contributed by atoms with Crippen LogP contribution in [0.2, 0.25) is 0 Å². The Hall–Kier alpha value is -7.17. The molecule has 55 heavy (non-hydrogen) atoms. The predicted molar refractivity (Wildman–Crippen MR) is 224 cm³/mol. The smallest absolute Gasteiger partial charge is 0.344 e. The van der Waals surface area contributed by atoms with E-state index in [0.717, 1.165) is 72.5 Å². The summed E-state index contributed by atoms with van der Waals surface area (Å²) >= 11 is 0. The van der Waals surface area contributed by atoms with Crippen molar-refractivity contribution < 1.29 is 8.83 Å². The van der Waals surface area contributed by atoms with E-state index in [1.54, 1.807) is 0 Å². The van der Waals surface area contributed by atoms with Gasteiger partial charge in [-0.25, -0.2) is 4.79 Å². The standard InChI is InChI=1S/C51H31NO3/c53-51-44-28-33-27-39(30-11-2-1-3-12-30)34-23-21-31(25-41(34)40(33)29-42(44)37-15-6-9-20-49(37)55-51)32-22-24-46-43(26-32)35-13-4-7-17-45(35)52(46)47-18-10-16-38-36-14-5-8-19-48(36)54-50(38)47/h1-26,28-29,39H,27H2. The van der Waals surface area contributed by atoms with Gasteiger partial charge in [-0.15, -0.1) is 0 Å². The molecule has 258 valence electrons. The summed E-state index contributed by atoms with van der Waals surface area (Å²) in [5, 5.41) is 7.11. The van der Waals surface area contributed by atoms with Crippen molar-refractivity contribution in [2.45, 2.75) is 12.3 Å². The fourth-order valence-electron chi connectivity index (χ4n) is 9.29. The number of furan rings is 1. The van der Waals surface area contributed by atoms with Crippen LogP contribution < -0.4 is 5.63 Å². The minimum atomic E-state index is -0.295. The van der Waals surface area contributed by atoms with Crippen molar-refractivity contribution >= 4 is 65.5 Å². The summed E-state index contributed by atoms with van der Waals surface area (Å²) in [6.45, 7) is 0. The first-order valence-electron chi connectivity index (χ1n) is 18.8. The molecule has 4 nitrogen and oxygen atoms in total. The van der Waals surface area contributed by atoms with E-state index < -0.39 is 0 Å². The van der Waals surface area contributed by atoms with Gasteiger partial charge in [0.1, 0.15) is 11.2 Å². The number of nitrogens with zero attached hydrogens (tertiary/aromatic N) is 1. The Balaban J connectivity index is 1.07. The summed E-state index contributed by atoms with van der Waals surface area (Å²) in [6.07, 6.45) is 0.803. The average molecular weight is 706 g/mol. The highest BCUT2D eigenvalue weighted by molar-refractivity contribution is 6.13. The number of fused-ring (bicyclic) bond motifs is 12. The molecule has 3 heterocycles. The van der Waals surface area contributed by atoms with Crippen molar-refractivity contribution in [1.82, 2.24) is 4.57 Å². The molecule has 0 aliphatic heterocycles. The SMILES string of the molecule is O=c1oc2ccccc2c2cc3c(cc12)CC(c1ccccc1)c1ccc(-c2ccc4c(c2)c2ccccc2n4-c2cccc4c2oc2ccccc24)cc1-3. The van der Waals surface area contributed by atoms with E-state index in [9.17, 15) is 4.79 Å². The van der Waals surface area contributed by atoms with E-state index in [0.29, 0.717) is 11.0 Å². The van der Waals surface area contributed by atoms with Gasteiger partial charge in [-0.05, 0) is 100.0 Å². The van der Waals surface area contributed by atoms with Gasteiger partial charge in [0.15, 0.2) is 5.58 Å². The molecule has 1 aliphatic carbocycles. The van der Waals surface area contributed by atoms with Crippen LogP contribution in [0.1, 0.15) is 22.6 Å². The third-order valence-electron chi connectivity index (χ3n) is 11.8. The van der Waals surface area contributed by atoms with E-state index in [2.05, 4.69) is 138 Å². The Bertz CT molecular complexity index is 3440.